The van der Waals surface area contributed by atoms with E-state index in [2.05, 4.69) is 25.0 Å². The van der Waals surface area contributed by atoms with Gasteiger partial charge in [0.25, 0.3) is 0 Å². The number of pyridine rings is 1. The monoisotopic (exact) mass is 449 g/mol. The Kier molecular flexibility index (Phi) is 6.72. The molecule has 0 fully saturated rings. The number of nitrogens with zero attached hydrogens (tertiary/aromatic N) is 3. The molecule has 162 valence electrons. The second-order valence-electron chi connectivity index (χ2n) is 8.05. The third-order valence-electron chi connectivity index (χ3n) is 4.88. The van der Waals surface area contributed by atoms with Crippen LogP contribution < -0.4 is 4.74 Å². The first-order valence-corrected chi connectivity index (χ1v) is 12.6. The molecule has 0 atom stereocenters. The molecule has 8 heteroatoms. The van der Waals surface area contributed by atoms with Crippen molar-refractivity contribution in [3.05, 3.63) is 46.9 Å². The molecule has 0 aliphatic carbocycles. The zero-order valence-corrected chi connectivity index (χ0v) is 19.6. The number of benzene rings is 1. The lowest BCUT2D eigenvalue weighted by Crippen LogP contribution is -2.08. The van der Waals surface area contributed by atoms with E-state index in [0.717, 1.165) is 45.0 Å². The standard InChI is InChI=1S/C22H28ClN3O3S/c1-14(2)21-24-22-19(11-17(12-23)13-26(22)25-21)20-15(3)9-18(10-16(20)4)29-7-6-8-30(5,27)28/h9-11,13-14H,6-8,12H2,1-5H3. The lowest BCUT2D eigenvalue weighted by molar-refractivity contribution is 0.317. The maximum absolute atomic E-state index is 11.3. The molecule has 3 aromatic rings. The smallest absolute Gasteiger partial charge is 0.163 e. The average molecular weight is 450 g/mol. The van der Waals surface area contributed by atoms with E-state index in [0.29, 0.717) is 18.9 Å². The second-order valence-corrected chi connectivity index (χ2v) is 10.6. The molecule has 0 bridgehead atoms. The van der Waals surface area contributed by atoms with Gasteiger partial charge in [-0.25, -0.2) is 17.9 Å². The van der Waals surface area contributed by atoms with E-state index in [-0.39, 0.29) is 11.7 Å². The zero-order valence-electron chi connectivity index (χ0n) is 18.1. The Balaban J connectivity index is 1.98. The molecule has 0 amide bonds. The highest BCUT2D eigenvalue weighted by molar-refractivity contribution is 7.90. The lowest BCUT2D eigenvalue weighted by Gasteiger charge is -2.15. The van der Waals surface area contributed by atoms with Crippen LogP contribution in [0.15, 0.2) is 24.4 Å². The number of aromatic nitrogens is 3. The summed E-state index contributed by atoms with van der Waals surface area (Å²) < 4.78 is 30.2. The van der Waals surface area contributed by atoms with Crippen molar-refractivity contribution < 1.29 is 13.2 Å². The summed E-state index contributed by atoms with van der Waals surface area (Å²) in [6, 6.07) is 6.03. The molecule has 0 aliphatic heterocycles. The van der Waals surface area contributed by atoms with Gasteiger partial charge in [0.15, 0.2) is 11.5 Å². The van der Waals surface area contributed by atoms with Gasteiger partial charge in [-0.1, -0.05) is 13.8 Å². The minimum Gasteiger partial charge on any atom is -0.494 e. The Bertz CT molecular complexity index is 1150. The molecule has 0 radical (unpaired) electrons. The van der Waals surface area contributed by atoms with Crippen molar-refractivity contribution in [2.24, 2.45) is 0 Å². The van der Waals surface area contributed by atoms with Crippen LogP contribution in [0.4, 0.5) is 0 Å². The van der Waals surface area contributed by atoms with Crippen molar-refractivity contribution >= 4 is 27.1 Å². The van der Waals surface area contributed by atoms with Crippen molar-refractivity contribution in [2.45, 2.75) is 45.9 Å². The summed E-state index contributed by atoms with van der Waals surface area (Å²) in [6.45, 7) is 8.58. The van der Waals surface area contributed by atoms with Crippen molar-refractivity contribution in [1.82, 2.24) is 14.6 Å². The van der Waals surface area contributed by atoms with Crippen LogP contribution in [-0.2, 0) is 15.7 Å². The molecule has 0 saturated heterocycles. The summed E-state index contributed by atoms with van der Waals surface area (Å²) in [4.78, 5) is 4.77. The number of hydrogen-bond acceptors (Lipinski definition) is 5. The van der Waals surface area contributed by atoms with Crippen LogP contribution in [-0.4, -0.2) is 41.6 Å². The van der Waals surface area contributed by atoms with Gasteiger partial charge in [0.2, 0.25) is 0 Å². The number of sulfone groups is 1. The Morgan fingerprint density at radius 2 is 1.83 bits per heavy atom. The molecule has 0 spiro atoms. The van der Waals surface area contributed by atoms with Crippen molar-refractivity contribution in [1.29, 1.82) is 0 Å². The first-order valence-electron chi connectivity index (χ1n) is 9.96. The SMILES string of the molecule is Cc1cc(OCCCS(C)(=O)=O)cc(C)c1-c1cc(CCl)cn2nc(C(C)C)nc12. The molecule has 0 unspecified atom stereocenters. The van der Waals surface area contributed by atoms with E-state index in [4.69, 9.17) is 21.3 Å². The second kappa shape index (κ2) is 8.94. The number of fused-ring (bicyclic) bond motifs is 1. The Hall–Kier alpha value is -2.12. The highest BCUT2D eigenvalue weighted by Gasteiger charge is 2.17. The summed E-state index contributed by atoms with van der Waals surface area (Å²) in [5.74, 6) is 2.26. The molecule has 2 aromatic heterocycles. The maximum atomic E-state index is 11.3. The number of halogens is 1. The van der Waals surface area contributed by atoms with Crippen LogP contribution in [0.25, 0.3) is 16.8 Å². The minimum absolute atomic E-state index is 0.122. The van der Waals surface area contributed by atoms with E-state index >= 15 is 0 Å². The van der Waals surface area contributed by atoms with Crippen molar-refractivity contribution in [3.63, 3.8) is 0 Å². The van der Waals surface area contributed by atoms with Crippen LogP contribution in [0.1, 0.15) is 48.7 Å². The molecular weight excluding hydrogens is 422 g/mol. The van der Waals surface area contributed by atoms with Crippen LogP contribution in [0.5, 0.6) is 5.75 Å². The molecule has 6 nitrogen and oxygen atoms in total. The van der Waals surface area contributed by atoms with Gasteiger partial charge < -0.3 is 4.74 Å². The number of aryl methyl sites for hydroxylation is 2. The van der Waals surface area contributed by atoms with Gasteiger partial charge in [0.1, 0.15) is 15.6 Å². The van der Waals surface area contributed by atoms with Crippen LogP contribution in [0, 0.1) is 13.8 Å². The van der Waals surface area contributed by atoms with E-state index in [1.54, 1.807) is 0 Å². The van der Waals surface area contributed by atoms with Gasteiger partial charge in [-0.3, -0.25) is 0 Å². The quantitative estimate of drug-likeness (QED) is 0.368. The average Bonchev–Trinajstić information content (AvgIpc) is 3.08. The summed E-state index contributed by atoms with van der Waals surface area (Å²) in [5, 5.41) is 4.63. The fourth-order valence-electron chi connectivity index (χ4n) is 3.50. The Morgan fingerprint density at radius 3 is 2.40 bits per heavy atom. The number of rotatable bonds is 8. The summed E-state index contributed by atoms with van der Waals surface area (Å²) in [5.41, 5.74) is 5.95. The molecule has 0 aliphatic rings. The Labute approximate surface area is 183 Å². The van der Waals surface area contributed by atoms with Gasteiger partial charge in [0.05, 0.1) is 12.4 Å². The summed E-state index contributed by atoms with van der Waals surface area (Å²) in [7, 11) is -2.98. The molecular formula is C22H28ClN3O3S. The van der Waals surface area contributed by atoms with E-state index in [9.17, 15) is 8.42 Å². The molecule has 2 heterocycles. The number of alkyl halides is 1. The largest absolute Gasteiger partial charge is 0.494 e. The topological polar surface area (TPSA) is 73.6 Å². The Morgan fingerprint density at radius 1 is 1.17 bits per heavy atom. The first-order chi connectivity index (χ1) is 14.1. The predicted molar refractivity (Wildman–Crippen MR) is 121 cm³/mol. The zero-order chi connectivity index (χ0) is 22.1. The van der Waals surface area contributed by atoms with Gasteiger partial charge in [-0.15, -0.1) is 11.6 Å². The fourth-order valence-corrected chi connectivity index (χ4v) is 4.29. The van der Waals surface area contributed by atoms with Gasteiger partial charge in [-0.2, -0.15) is 5.10 Å². The van der Waals surface area contributed by atoms with Crippen molar-refractivity contribution in [2.75, 3.05) is 18.6 Å². The third-order valence-corrected chi connectivity index (χ3v) is 6.22. The highest BCUT2D eigenvalue weighted by atomic mass is 35.5. The molecule has 3 rings (SSSR count). The highest BCUT2D eigenvalue weighted by Crippen LogP contribution is 2.34. The van der Waals surface area contributed by atoms with Crippen LogP contribution in [0.3, 0.4) is 0 Å². The number of ether oxygens (including phenoxy) is 1. The summed E-state index contributed by atoms with van der Waals surface area (Å²) in [6.07, 6.45) is 3.63. The fraction of sp³-hybridized carbons (Fsp3) is 0.455. The maximum Gasteiger partial charge on any atom is 0.163 e. The van der Waals surface area contributed by atoms with Crippen LogP contribution in [0.2, 0.25) is 0 Å². The normalized spacial score (nSPS) is 12.1. The third kappa shape index (κ3) is 5.13. The first kappa shape index (κ1) is 22.6. The molecule has 30 heavy (non-hydrogen) atoms. The minimum atomic E-state index is -2.98. The summed E-state index contributed by atoms with van der Waals surface area (Å²) >= 11 is 6.14. The number of hydrogen-bond donors (Lipinski definition) is 0. The van der Waals surface area contributed by atoms with E-state index < -0.39 is 9.84 Å². The molecule has 0 N–H and O–H groups in total. The van der Waals surface area contributed by atoms with Gasteiger partial charge >= 0.3 is 0 Å². The van der Waals surface area contributed by atoms with Gasteiger partial charge in [0, 0.05) is 29.8 Å². The van der Waals surface area contributed by atoms with E-state index in [1.165, 1.54) is 6.26 Å². The molecule has 0 saturated carbocycles. The predicted octanol–water partition coefficient (Wildman–Crippen LogP) is 4.69. The van der Waals surface area contributed by atoms with Crippen LogP contribution >= 0.6 is 11.6 Å². The lowest BCUT2D eigenvalue weighted by atomic mass is 9.95. The van der Waals surface area contributed by atoms with E-state index in [1.807, 2.05) is 36.7 Å². The molecule has 1 aromatic carbocycles. The van der Waals surface area contributed by atoms with Gasteiger partial charge in [-0.05, 0) is 60.7 Å². The van der Waals surface area contributed by atoms with Crippen molar-refractivity contribution in [3.8, 4) is 16.9 Å².